The minimum atomic E-state index is -1.43. The molecule has 4 rings (SSSR count). The lowest BCUT2D eigenvalue weighted by Crippen LogP contribution is -2.37. The Bertz CT molecular complexity index is 1240. The van der Waals surface area contributed by atoms with Crippen LogP contribution in [-0.2, 0) is 0 Å². The van der Waals surface area contributed by atoms with Crippen molar-refractivity contribution >= 4 is 40.1 Å². The van der Waals surface area contributed by atoms with Gasteiger partial charge in [-0.15, -0.1) is 0 Å². The maximum Gasteiger partial charge on any atom is 0.253 e. The molecule has 29 heavy (non-hydrogen) atoms. The maximum absolute atomic E-state index is 12.6. The Hall–Kier alpha value is -3.06. The summed E-state index contributed by atoms with van der Waals surface area (Å²) < 4.78 is 14.3. The first-order valence-corrected chi connectivity index (χ1v) is 9.62. The highest BCUT2D eigenvalue weighted by atomic mass is 35.5. The maximum atomic E-state index is 12.6. The average molecular weight is 415 g/mol. The van der Waals surface area contributed by atoms with E-state index in [1.54, 1.807) is 45.0 Å². The lowest BCUT2D eigenvalue weighted by Gasteiger charge is -2.21. The van der Waals surface area contributed by atoms with Crippen molar-refractivity contribution in [2.24, 2.45) is 0 Å². The van der Waals surface area contributed by atoms with Crippen molar-refractivity contribution in [1.82, 2.24) is 0 Å². The van der Waals surface area contributed by atoms with Crippen LogP contribution in [0.5, 0.6) is 0 Å². The van der Waals surface area contributed by atoms with Gasteiger partial charge in [-0.05, 0) is 44.5 Å². The van der Waals surface area contributed by atoms with Crippen molar-refractivity contribution in [3.63, 3.8) is 0 Å². The van der Waals surface area contributed by atoms with Gasteiger partial charge in [0.1, 0.15) is 22.9 Å². The molecule has 2 heterocycles. The van der Waals surface area contributed by atoms with Gasteiger partial charge >= 0.3 is 0 Å². The normalized spacial score (nSPS) is 18.1. The third-order valence-corrected chi connectivity index (χ3v) is 5.31. The number of hydrogen-bond donors (Lipinski definition) is 3. The fourth-order valence-corrected chi connectivity index (χ4v) is 3.63. The van der Waals surface area contributed by atoms with Crippen LogP contribution in [0.1, 0.15) is 49.5 Å². The number of ketones is 1. The second-order valence-corrected chi connectivity index (χ2v) is 7.38. The van der Waals surface area contributed by atoms with Crippen molar-refractivity contribution < 1.29 is 10.6 Å². The summed E-state index contributed by atoms with van der Waals surface area (Å²) in [7, 11) is 0. The Morgan fingerprint density at radius 2 is 1.93 bits per heavy atom. The molecule has 3 aromatic rings. The molecular weight excluding hydrogens is 394 g/mol. The SMILES string of the molecule is [2H]C(CC)(Nc1c(Nc2ccc(Cl)c3c2C(=O)C(C)N3)c(=O)c1=O)c1ccc(C)o1. The first-order chi connectivity index (χ1) is 14.2. The van der Waals surface area contributed by atoms with Crippen molar-refractivity contribution in [2.45, 2.75) is 39.3 Å². The van der Waals surface area contributed by atoms with Crippen LogP contribution < -0.4 is 26.8 Å². The van der Waals surface area contributed by atoms with Crippen LogP contribution >= 0.6 is 11.6 Å². The van der Waals surface area contributed by atoms with E-state index < -0.39 is 22.9 Å². The van der Waals surface area contributed by atoms with E-state index in [0.29, 0.717) is 33.5 Å². The van der Waals surface area contributed by atoms with Crippen LogP contribution in [0.15, 0.2) is 38.3 Å². The molecule has 2 unspecified atom stereocenters. The zero-order chi connectivity index (χ0) is 21.8. The van der Waals surface area contributed by atoms with E-state index in [1.807, 2.05) is 0 Å². The minimum absolute atomic E-state index is 0.00484. The van der Waals surface area contributed by atoms with E-state index in [-0.39, 0.29) is 23.6 Å². The molecule has 1 aliphatic rings. The number of fused-ring (bicyclic) bond motifs is 1. The van der Waals surface area contributed by atoms with E-state index in [4.69, 9.17) is 17.4 Å². The summed E-state index contributed by atoms with van der Waals surface area (Å²) in [5, 5.41) is 9.17. The second-order valence-electron chi connectivity index (χ2n) is 6.98. The molecular formula is C21H20ClN3O4. The molecule has 2 atom stereocenters. The number of carbonyl (C=O) groups is 1. The van der Waals surface area contributed by atoms with Gasteiger partial charge in [-0.2, -0.15) is 0 Å². The highest BCUT2D eigenvalue weighted by molar-refractivity contribution is 6.35. The molecule has 0 saturated heterocycles. The number of anilines is 4. The molecule has 8 heteroatoms. The quantitative estimate of drug-likeness (QED) is 0.521. The van der Waals surface area contributed by atoms with Crippen molar-refractivity contribution in [3.8, 4) is 0 Å². The molecule has 0 bridgehead atoms. The fourth-order valence-electron chi connectivity index (χ4n) is 3.41. The summed E-state index contributed by atoms with van der Waals surface area (Å²) in [6, 6.07) is 4.70. The van der Waals surface area contributed by atoms with Gasteiger partial charge in [0.25, 0.3) is 10.9 Å². The molecule has 0 radical (unpaired) electrons. The first kappa shape index (κ1) is 18.0. The second kappa shape index (κ2) is 7.08. The molecule has 3 N–H and O–H groups in total. The number of furan rings is 1. The first-order valence-electron chi connectivity index (χ1n) is 9.75. The predicted molar refractivity (Wildman–Crippen MR) is 114 cm³/mol. The summed E-state index contributed by atoms with van der Waals surface area (Å²) >= 11 is 6.19. The molecule has 0 aliphatic carbocycles. The Labute approximate surface area is 173 Å². The van der Waals surface area contributed by atoms with Crippen molar-refractivity contribution in [2.75, 3.05) is 16.0 Å². The van der Waals surface area contributed by atoms with Gasteiger partial charge in [-0.1, -0.05) is 18.5 Å². The predicted octanol–water partition coefficient (Wildman–Crippen LogP) is 4.14. The molecule has 1 aromatic heterocycles. The van der Waals surface area contributed by atoms with Crippen LogP contribution in [0.2, 0.25) is 5.02 Å². The molecule has 7 nitrogen and oxygen atoms in total. The van der Waals surface area contributed by atoms with Gasteiger partial charge in [0.15, 0.2) is 5.78 Å². The molecule has 2 aromatic carbocycles. The molecule has 150 valence electrons. The van der Waals surface area contributed by atoms with E-state index in [0.717, 1.165) is 0 Å². The summed E-state index contributed by atoms with van der Waals surface area (Å²) in [5.41, 5.74) is -0.264. The van der Waals surface area contributed by atoms with Gasteiger partial charge in [-0.3, -0.25) is 14.4 Å². The third kappa shape index (κ3) is 3.11. The Kier molecular flexibility index (Phi) is 4.39. The van der Waals surface area contributed by atoms with Crippen LogP contribution in [-0.4, -0.2) is 11.8 Å². The molecule has 1 aliphatic heterocycles. The van der Waals surface area contributed by atoms with E-state index in [1.165, 1.54) is 0 Å². The van der Waals surface area contributed by atoms with Gasteiger partial charge in [0, 0.05) is 0 Å². The number of rotatable bonds is 6. The number of hydrogen-bond acceptors (Lipinski definition) is 7. The van der Waals surface area contributed by atoms with E-state index in [9.17, 15) is 14.4 Å². The third-order valence-electron chi connectivity index (χ3n) is 4.99. The number of nitrogens with one attached hydrogen (secondary N) is 3. The zero-order valence-corrected chi connectivity index (χ0v) is 16.9. The van der Waals surface area contributed by atoms with Gasteiger partial charge in [0.2, 0.25) is 0 Å². The van der Waals surface area contributed by atoms with Crippen LogP contribution in [0.25, 0.3) is 0 Å². The number of aryl methyl sites for hydroxylation is 1. The van der Waals surface area contributed by atoms with Crippen LogP contribution in [0, 0.1) is 6.92 Å². The summed E-state index contributed by atoms with van der Waals surface area (Å²) in [5.74, 6) is 0.803. The molecule has 0 spiro atoms. The fraction of sp³-hybridized carbons (Fsp3) is 0.286. The topological polar surface area (TPSA) is 100 Å². The minimum Gasteiger partial charge on any atom is -0.464 e. The summed E-state index contributed by atoms with van der Waals surface area (Å²) in [6.07, 6.45) is 0.286. The standard InChI is InChI=1S/C21H20ClN3O4/c1-4-12(14-8-5-9(2)29-14)24-17-18(21(28)20(17)27)25-13-7-6-11(22)16-15(13)19(26)10(3)23-16/h5-8,10,12,23-25H,4H2,1-3H3/i12D. The molecule has 0 saturated carbocycles. The number of benzene rings is 1. The largest absolute Gasteiger partial charge is 0.464 e. The van der Waals surface area contributed by atoms with Crippen molar-refractivity contribution in [3.05, 3.63) is 66.8 Å². The lowest BCUT2D eigenvalue weighted by atomic mass is 10.0. The van der Waals surface area contributed by atoms with Gasteiger partial charge < -0.3 is 20.4 Å². The molecule has 0 amide bonds. The number of halogens is 1. The van der Waals surface area contributed by atoms with Gasteiger partial charge in [-0.25, -0.2) is 0 Å². The average Bonchev–Trinajstić information content (AvgIpc) is 3.30. The van der Waals surface area contributed by atoms with Gasteiger partial charge in [0.05, 0.1) is 35.4 Å². The lowest BCUT2D eigenvalue weighted by molar-refractivity contribution is 0.0986. The Morgan fingerprint density at radius 3 is 2.59 bits per heavy atom. The highest BCUT2D eigenvalue weighted by Crippen LogP contribution is 2.39. The zero-order valence-electron chi connectivity index (χ0n) is 17.1. The highest BCUT2D eigenvalue weighted by Gasteiger charge is 2.32. The number of Topliss-reactive ketones (excluding diaryl/α,β-unsaturated/α-hetero) is 1. The van der Waals surface area contributed by atoms with Crippen LogP contribution in [0.3, 0.4) is 0 Å². The van der Waals surface area contributed by atoms with E-state index in [2.05, 4.69) is 16.0 Å². The Morgan fingerprint density at radius 1 is 1.21 bits per heavy atom. The summed E-state index contributed by atoms with van der Waals surface area (Å²) in [4.78, 5) is 37.1. The van der Waals surface area contributed by atoms with Crippen LogP contribution in [0.4, 0.5) is 22.7 Å². The number of carbonyl (C=O) groups excluding carboxylic acids is 1. The smallest absolute Gasteiger partial charge is 0.253 e. The van der Waals surface area contributed by atoms with Crippen molar-refractivity contribution in [1.29, 1.82) is 0 Å². The van der Waals surface area contributed by atoms with E-state index >= 15 is 0 Å². The monoisotopic (exact) mass is 414 g/mol. The summed E-state index contributed by atoms with van der Waals surface area (Å²) in [6.45, 7) is 5.25. The Balaban J connectivity index is 1.71. The molecule has 0 fully saturated rings.